The fourth-order valence-corrected chi connectivity index (χ4v) is 2.46. The van der Waals surface area contributed by atoms with E-state index in [1.807, 2.05) is 36.9 Å². The highest BCUT2D eigenvalue weighted by molar-refractivity contribution is 6.76. The SMILES string of the molecule is C[Si](C)(C)CCOC(c1cn[nH]c1)n1cccc1. The van der Waals surface area contributed by atoms with E-state index in [4.69, 9.17) is 4.74 Å². The van der Waals surface area contributed by atoms with Gasteiger partial charge in [0, 0.05) is 38.8 Å². The molecule has 0 aliphatic rings. The van der Waals surface area contributed by atoms with Gasteiger partial charge in [0.15, 0.2) is 6.23 Å². The molecule has 5 heteroatoms. The zero-order valence-electron chi connectivity index (χ0n) is 11.3. The van der Waals surface area contributed by atoms with Gasteiger partial charge >= 0.3 is 0 Å². The van der Waals surface area contributed by atoms with Crippen molar-refractivity contribution in [3.05, 3.63) is 42.5 Å². The molecular formula is C13H21N3OSi. The summed E-state index contributed by atoms with van der Waals surface area (Å²) in [4.78, 5) is 0. The molecule has 98 valence electrons. The Morgan fingerprint density at radius 2 is 2.06 bits per heavy atom. The highest BCUT2D eigenvalue weighted by atomic mass is 28.3. The third kappa shape index (κ3) is 3.58. The molecule has 0 aliphatic carbocycles. The molecule has 1 atom stereocenters. The van der Waals surface area contributed by atoms with Crippen LogP contribution in [0.2, 0.25) is 25.7 Å². The minimum atomic E-state index is -1.05. The Labute approximate surface area is 109 Å². The molecule has 2 aromatic heterocycles. The molecule has 18 heavy (non-hydrogen) atoms. The molecule has 0 spiro atoms. The number of hydrogen-bond acceptors (Lipinski definition) is 2. The predicted molar refractivity (Wildman–Crippen MR) is 75.3 cm³/mol. The van der Waals surface area contributed by atoms with Gasteiger partial charge in [0.2, 0.25) is 0 Å². The van der Waals surface area contributed by atoms with E-state index >= 15 is 0 Å². The summed E-state index contributed by atoms with van der Waals surface area (Å²) in [6, 6.07) is 5.19. The quantitative estimate of drug-likeness (QED) is 0.814. The van der Waals surface area contributed by atoms with Gasteiger partial charge in [0.1, 0.15) is 0 Å². The van der Waals surface area contributed by atoms with E-state index in [2.05, 4.69) is 34.4 Å². The Hall–Kier alpha value is -1.33. The van der Waals surface area contributed by atoms with Crippen molar-refractivity contribution in [3.63, 3.8) is 0 Å². The van der Waals surface area contributed by atoms with Crippen LogP contribution in [0.3, 0.4) is 0 Å². The Morgan fingerprint density at radius 3 is 2.61 bits per heavy atom. The van der Waals surface area contributed by atoms with Gasteiger partial charge in [-0.2, -0.15) is 5.10 Å². The molecule has 1 N–H and O–H groups in total. The molecule has 0 fully saturated rings. The molecule has 0 radical (unpaired) electrons. The van der Waals surface area contributed by atoms with Gasteiger partial charge in [-0.15, -0.1) is 0 Å². The number of hydrogen-bond donors (Lipinski definition) is 1. The summed E-state index contributed by atoms with van der Waals surface area (Å²) in [5.41, 5.74) is 1.06. The summed E-state index contributed by atoms with van der Waals surface area (Å²) in [5, 5.41) is 6.84. The standard InChI is InChI=1S/C13H21N3OSi/c1-18(2,3)9-8-17-13(12-10-14-15-11-12)16-6-4-5-7-16/h4-7,10-11,13H,8-9H2,1-3H3,(H,14,15). The van der Waals surface area contributed by atoms with Crippen LogP contribution in [0.4, 0.5) is 0 Å². The van der Waals surface area contributed by atoms with Crippen molar-refractivity contribution in [1.29, 1.82) is 0 Å². The van der Waals surface area contributed by atoms with Crippen molar-refractivity contribution in [2.24, 2.45) is 0 Å². The highest BCUT2D eigenvalue weighted by Gasteiger charge is 2.17. The second kappa shape index (κ2) is 5.54. The summed E-state index contributed by atoms with van der Waals surface area (Å²) in [6.07, 6.45) is 7.67. The first-order valence-electron chi connectivity index (χ1n) is 6.29. The normalized spacial score (nSPS) is 13.7. The van der Waals surface area contributed by atoms with Crippen LogP contribution in [0.25, 0.3) is 0 Å². The van der Waals surface area contributed by atoms with E-state index in [0.717, 1.165) is 12.2 Å². The summed E-state index contributed by atoms with van der Waals surface area (Å²) < 4.78 is 8.11. The maximum atomic E-state index is 6.04. The van der Waals surface area contributed by atoms with E-state index in [1.165, 1.54) is 6.04 Å². The number of rotatable bonds is 6. The molecule has 2 heterocycles. The average Bonchev–Trinajstić information content (AvgIpc) is 2.96. The lowest BCUT2D eigenvalue weighted by molar-refractivity contribution is 0.0409. The largest absolute Gasteiger partial charge is 0.354 e. The Bertz CT molecular complexity index is 411. The van der Waals surface area contributed by atoms with Crippen molar-refractivity contribution in [2.75, 3.05) is 6.61 Å². The topological polar surface area (TPSA) is 42.8 Å². The van der Waals surface area contributed by atoms with Crippen LogP contribution >= 0.6 is 0 Å². The minimum absolute atomic E-state index is 0.0740. The van der Waals surface area contributed by atoms with Gasteiger partial charge in [-0.3, -0.25) is 5.10 Å². The first-order chi connectivity index (χ1) is 8.56. The van der Waals surface area contributed by atoms with Crippen LogP contribution in [-0.4, -0.2) is 29.4 Å². The lowest BCUT2D eigenvalue weighted by atomic mass is 10.3. The minimum Gasteiger partial charge on any atom is -0.354 e. The van der Waals surface area contributed by atoms with Crippen LogP contribution < -0.4 is 0 Å². The Morgan fingerprint density at radius 1 is 1.33 bits per heavy atom. The Balaban J connectivity index is 2.03. The van der Waals surface area contributed by atoms with Gasteiger partial charge in [-0.05, 0) is 18.2 Å². The summed E-state index contributed by atoms with van der Waals surface area (Å²) in [6.45, 7) is 7.88. The molecule has 0 aliphatic heterocycles. The van der Waals surface area contributed by atoms with Crippen LogP contribution in [-0.2, 0) is 4.74 Å². The number of nitrogens with zero attached hydrogens (tertiary/aromatic N) is 2. The monoisotopic (exact) mass is 263 g/mol. The van der Waals surface area contributed by atoms with Crippen LogP contribution in [0.5, 0.6) is 0 Å². The molecule has 1 unspecified atom stereocenters. The molecule has 0 saturated heterocycles. The maximum absolute atomic E-state index is 6.04. The number of aromatic amines is 1. The first-order valence-corrected chi connectivity index (χ1v) is 10.00. The molecule has 2 rings (SSSR count). The van der Waals surface area contributed by atoms with Crippen molar-refractivity contribution in [1.82, 2.24) is 14.8 Å². The van der Waals surface area contributed by atoms with E-state index in [0.29, 0.717) is 0 Å². The summed E-state index contributed by atoms with van der Waals surface area (Å²) in [5.74, 6) is 0. The van der Waals surface area contributed by atoms with Gasteiger partial charge in [-0.25, -0.2) is 0 Å². The fraction of sp³-hybridized carbons (Fsp3) is 0.462. The lowest BCUT2D eigenvalue weighted by Crippen LogP contribution is -2.23. The van der Waals surface area contributed by atoms with Crippen LogP contribution in [0, 0.1) is 0 Å². The number of aromatic nitrogens is 3. The van der Waals surface area contributed by atoms with E-state index in [-0.39, 0.29) is 6.23 Å². The molecule has 0 amide bonds. The second-order valence-electron chi connectivity index (χ2n) is 5.70. The van der Waals surface area contributed by atoms with Crippen molar-refractivity contribution in [3.8, 4) is 0 Å². The third-order valence-electron chi connectivity index (χ3n) is 2.83. The second-order valence-corrected chi connectivity index (χ2v) is 11.3. The average molecular weight is 263 g/mol. The van der Waals surface area contributed by atoms with Gasteiger partial charge in [0.25, 0.3) is 0 Å². The predicted octanol–water partition coefficient (Wildman–Crippen LogP) is 3.11. The molecule has 0 bridgehead atoms. The first kappa shape index (κ1) is 13.1. The summed E-state index contributed by atoms with van der Waals surface area (Å²) in [7, 11) is -1.05. The van der Waals surface area contributed by atoms with Gasteiger partial charge in [0.05, 0.1) is 6.20 Å². The maximum Gasteiger partial charge on any atom is 0.162 e. The zero-order valence-corrected chi connectivity index (χ0v) is 12.3. The van der Waals surface area contributed by atoms with Crippen LogP contribution in [0.15, 0.2) is 36.9 Å². The van der Waals surface area contributed by atoms with Crippen molar-refractivity contribution >= 4 is 8.07 Å². The smallest absolute Gasteiger partial charge is 0.162 e. The van der Waals surface area contributed by atoms with E-state index in [1.54, 1.807) is 0 Å². The Kier molecular flexibility index (Phi) is 4.03. The van der Waals surface area contributed by atoms with Gasteiger partial charge in [-0.1, -0.05) is 19.6 Å². The van der Waals surface area contributed by atoms with E-state index < -0.39 is 8.07 Å². The molecule has 2 aromatic rings. The number of ether oxygens (including phenoxy) is 1. The third-order valence-corrected chi connectivity index (χ3v) is 4.53. The zero-order chi connectivity index (χ0) is 13.0. The number of nitrogens with one attached hydrogen (secondary N) is 1. The lowest BCUT2D eigenvalue weighted by Gasteiger charge is -2.21. The van der Waals surface area contributed by atoms with Crippen molar-refractivity contribution in [2.45, 2.75) is 31.9 Å². The number of H-pyrrole nitrogens is 1. The fourth-order valence-electron chi connectivity index (χ4n) is 1.73. The highest BCUT2D eigenvalue weighted by Crippen LogP contribution is 2.20. The molecular weight excluding hydrogens is 242 g/mol. The molecule has 0 saturated carbocycles. The summed E-state index contributed by atoms with van der Waals surface area (Å²) >= 11 is 0. The van der Waals surface area contributed by atoms with Gasteiger partial charge < -0.3 is 9.30 Å². The molecule has 0 aromatic carbocycles. The molecule has 4 nitrogen and oxygen atoms in total. The van der Waals surface area contributed by atoms with Crippen LogP contribution in [0.1, 0.15) is 11.8 Å². The van der Waals surface area contributed by atoms with E-state index in [9.17, 15) is 0 Å². The van der Waals surface area contributed by atoms with Crippen molar-refractivity contribution < 1.29 is 4.74 Å².